The van der Waals surface area contributed by atoms with Gasteiger partial charge in [0.2, 0.25) is 11.1 Å². The minimum Gasteiger partial charge on any atom is -0.406 e. The van der Waals surface area contributed by atoms with Gasteiger partial charge in [0.1, 0.15) is 5.75 Å². The summed E-state index contributed by atoms with van der Waals surface area (Å²) in [6.07, 6.45) is -2.21. The summed E-state index contributed by atoms with van der Waals surface area (Å²) in [5, 5.41) is 7.80. The van der Waals surface area contributed by atoms with E-state index in [-0.39, 0.29) is 18.1 Å². The lowest BCUT2D eigenvalue weighted by atomic mass is 10.1. The van der Waals surface area contributed by atoms with Gasteiger partial charge in [0.05, 0.1) is 6.42 Å². The number of hydrogen-bond donors (Lipinski definition) is 1. The van der Waals surface area contributed by atoms with E-state index in [1.165, 1.54) is 36.0 Å². The summed E-state index contributed by atoms with van der Waals surface area (Å²) in [5.74, 6) is 0.0444. The number of halogens is 3. The predicted octanol–water partition coefficient (Wildman–Crippen LogP) is 3.26. The first-order valence-corrected chi connectivity index (χ1v) is 10.3. The molecule has 0 aliphatic carbocycles. The summed E-state index contributed by atoms with van der Waals surface area (Å²) in [7, 11) is 0. The molecule has 2 heterocycles. The Hall–Kier alpha value is -2.82. The summed E-state index contributed by atoms with van der Waals surface area (Å²) in [6, 6.07) is 5.57. The third kappa shape index (κ3) is 5.41. The molecule has 7 nitrogen and oxygen atoms in total. The molecule has 2 aromatic heterocycles. The molecule has 160 valence electrons. The van der Waals surface area contributed by atoms with E-state index in [0.29, 0.717) is 23.9 Å². The molecule has 0 radical (unpaired) electrons. The highest BCUT2D eigenvalue weighted by atomic mass is 32.2. The number of ether oxygens (including phenoxy) is 1. The van der Waals surface area contributed by atoms with Crippen molar-refractivity contribution in [3.05, 3.63) is 46.8 Å². The molecule has 1 N–H and O–H groups in total. The van der Waals surface area contributed by atoms with Gasteiger partial charge in [0.25, 0.3) is 5.78 Å². The zero-order chi connectivity index (χ0) is 21.9. The van der Waals surface area contributed by atoms with E-state index in [1.807, 2.05) is 20.1 Å². The maximum atomic E-state index is 12.4. The van der Waals surface area contributed by atoms with Gasteiger partial charge < -0.3 is 10.1 Å². The fourth-order valence-corrected chi connectivity index (χ4v) is 3.30. The molecule has 0 bridgehead atoms. The van der Waals surface area contributed by atoms with Crippen LogP contribution in [0.25, 0.3) is 5.78 Å². The number of carbonyl (C=O) groups is 1. The molecule has 30 heavy (non-hydrogen) atoms. The number of aromatic nitrogens is 4. The number of nitrogens with zero attached hydrogens (tertiary/aromatic N) is 4. The number of thioether (sulfide) groups is 1. The summed E-state index contributed by atoms with van der Waals surface area (Å²) in [6.45, 7) is 4.05. The molecule has 3 aromatic rings. The minimum atomic E-state index is -4.72. The van der Waals surface area contributed by atoms with Crippen molar-refractivity contribution >= 4 is 23.4 Å². The standard InChI is InChI=1S/C19H20F3N5O2S/c1-11-15(12(2)27-17(24-11)25-18(26-27)30-3)10-16(28)23-9-8-13-4-6-14(7-5-13)29-19(20,21)22/h4-7H,8-10H2,1-3H3,(H,23,28). The lowest BCUT2D eigenvalue weighted by Gasteiger charge is -2.11. The van der Waals surface area contributed by atoms with Crippen molar-refractivity contribution in [2.45, 2.75) is 38.2 Å². The summed E-state index contributed by atoms with van der Waals surface area (Å²) >= 11 is 1.42. The Morgan fingerprint density at radius 2 is 1.90 bits per heavy atom. The topological polar surface area (TPSA) is 81.4 Å². The van der Waals surface area contributed by atoms with E-state index in [0.717, 1.165) is 22.5 Å². The zero-order valence-electron chi connectivity index (χ0n) is 16.6. The Balaban J connectivity index is 1.57. The molecule has 3 rings (SSSR count). The highest BCUT2D eigenvalue weighted by Gasteiger charge is 2.30. The number of alkyl halides is 3. The Morgan fingerprint density at radius 3 is 2.53 bits per heavy atom. The average Bonchev–Trinajstić information content (AvgIpc) is 3.08. The van der Waals surface area contributed by atoms with Crippen molar-refractivity contribution in [2.24, 2.45) is 0 Å². The Labute approximate surface area is 175 Å². The van der Waals surface area contributed by atoms with E-state index in [4.69, 9.17) is 0 Å². The molecule has 1 aromatic carbocycles. The third-order valence-corrected chi connectivity index (χ3v) is 4.98. The van der Waals surface area contributed by atoms with Gasteiger partial charge in [-0.3, -0.25) is 4.79 Å². The van der Waals surface area contributed by atoms with E-state index in [9.17, 15) is 18.0 Å². The van der Waals surface area contributed by atoms with Gasteiger partial charge in [-0.1, -0.05) is 23.9 Å². The Kier molecular flexibility index (Phi) is 6.49. The number of amides is 1. The summed E-state index contributed by atoms with van der Waals surface area (Å²) < 4.78 is 42.0. The molecule has 0 saturated carbocycles. The average molecular weight is 439 g/mol. The van der Waals surface area contributed by atoms with E-state index < -0.39 is 6.36 Å². The lowest BCUT2D eigenvalue weighted by molar-refractivity contribution is -0.274. The maximum Gasteiger partial charge on any atom is 0.573 e. The molecule has 0 aliphatic heterocycles. The fraction of sp³-hybridized carbons (Fsp3) is 0.368. The number of carbonyl (C=O) groups excluding carboxylic acids is 1. The van der Waals surface area contributed by atoms with Crippen molar-refractivity contribution in [3.63, 3.8) is 0 Å². The van der Waals surface area contributed by atoms with Crippen LogP contribution in [-0.4, -0.2) is 44.7 Å². The number of hydrogen-bond acceptors (Lipinski definition) is 6. The molecule has 11 heteroatoms. The lowest BCUT2D eigenvalue weighted by Crippen LogP contribution is -2.28. The third-order valence-electron chi connectivity index (χ3n) is 4.44. The highest BCUT2D eigenvalue weighted by molar-refractivity contribution is 7.98. The smallest absolute Gasteiger partial charge is 0.406 e. The first-order chi connectivity index (χ1) is 14.2. The minimum absolute atomic E-state index is 0.146. The van der Waals surface area contributed by atoms with Crippen molar-refractivity contribution in [1.82, 2.24) is 24.9 Å². The van der Waals surface area contributed by atoms with E-state index in [1.54, 1.807) is 4.52 Å². The van der Waals surface area contributed by atoms with Crippen LogP contribution in [0.5, 0.6) is 5.75 Å². The predicted molar refractivity (Wildman–Crippen MR) is 106 cm³/mol. The van der Waals surface area contributed by atoms with Gasteiger partial charge in [-0.25, -0.2) is 9.50 Å². The van der Waals surface area contributed by atoms with Crippen molar-refractivity contribution < 1.29 is 22.7 Å². The van der Waals surface area contributed by atoms with Crippen LogP contribution >= 0.6 is 11.8 Å². The highest BCUT2D eigenvalue weighted by Crippen LogP contribution is 2.23. The van der Waals surface area contributed by atoms with Crippen molar-refractivity contribution in [1.29, 1.82) is 0 Å². The zero-order valence-corrected chi connectivity index (χ0v) is 17.4. The summed E-state index contributed by atoms with van der Waals surface area (Å²) in [5.41, 5.74) is 3.09. The van der Waals surface area contributed by atoms with Gasteiger partial charge in [-0.15, -0.1) is 18.3 Å². The number of aryl methyl sites for hydroxylation is 2. The number of benzene rings is 1. The van der Waals surface area contributed by atoms with E-state index >= 15 is 0 Å². The van der Waals surface area contributed by atoms with Crippen LogP contribution in [-0.2, 0) is 17.6 Å². The van der Waals surface area contributed by atoms with Gasteiger partial charge in [0, 0.05) is 23.5 Å². The second-order valence-electron chi connectivity index (χ2n) is 6.54. The van der Waals surface area contributed by atoms with Crippen LogP contribution < -0.4 is 10.1 Å². The second-order valence-corrected chi connectivity index (χ2v) is 7.31. The summed E-state index contributed by atoms with van der Waals surface area (Å²) in [4.78, 5) is 21.1. The van der Waals surface area contributed by atoms with Gasteiger partial charge in [0.15, 0.2) is 0 Å². The maximum absolute atomic E-state index is 12.4. The molecular weight excluding hydrogens is 419 g/mol. The van der Waals surface area contributed by atoms with Crippen LogP contribution in [0.3, 0.4) is 0 Å². The SMILES string of the molecule is CSc1nc2nc(C)c(CC(=O)NCCc3ccc(OC(F)(F)F)cc3)c(C)n2n1. The second kappa shape index (κ2) is 8.90. The largest absolute Gasteiger partial charge is 0.573 e. The van der Waals surface area contributed by atoms with Gasteiger partial charge >= 0.3 is 6.36 Å². The van der Waals surface area contributed by atoms with Crippen LogP contribution in [0.2, 0.25) is 0 Å². The number of nitrogens with one attached hydrogen (secondary N) is 1. The molecule has 0 unspecified atom stereocenters. The van der Waals surface area contributed by atoms with Crippen LogP contribution in [0.15, 0.2) is 29.4 Å². The molecule has 0 atom stereocenters. The van der Waals surface area contributed by atoms with Crippen LogP contribution in [0, 0.1) is 13.8 Å². The Bertz CT molecular complexity index is 1050. The van der Waals surface area contributed by atoms with E-state index in [2.05, 4.69) is 25.1 Å². The quantitative estimate of drug-likeness (QED) is 0.569. The molecule has 0 saturated heterocycles. The van der Waals surface area contributed by atoms with Gasteiger partial charge in [-0.2, -0.15) is 4.98 Å². The van der Waals surface area contributed by atoms with Crippen LogP contribution in [0.4, 0.5) is 13.2 Å². The molecule has 0 spiro atoms. The van der Waals surface area contributed by atoms with Crippen LogP contribution in [0.1, 0.15) is 22.5 Å². The van der Waals surface area contributed by atoms with Crippen molar-refractivity contribution in [3.8, 4) is 5.75 Å². The fourth-order valence-electron chi connectivity index (χ4n) is 2.96. The Morgan fingerprint density at radius 1 is 1.20 bits per heavy atom. The molecular formula is C19H20F3N5O2S. The number of rotatable bonds is 7. The molecule has 1 amide bonds. The normalized spacial score (nSPS) is 11.7. The van der Waals surface area contributed by atoms with Gasteiger partial charge in [-0.05, 0) is 44.2 Å². The monoisotopic (exact) mass is 439 g/mol. The van der Waals surface area contributed by atoms with Crippen molar-refractivity contribution in [2.75, 3.05) is 12.8 Å². The first-order valence-electron chi connectivity index (χ1n) is 9.04. The molecule has 0 fully saturated rings. The number of fused-ring (bicyclic) bond motifs is 1. The molecule has 0 aliphatic rings. The first kappa shape index (κ1) is 21.9.